The Morgan fingerprint density at radius 1 is 0.871 bits per heavy atom. The Morgan fingerprint density at radius 3 is 2.10 bits per heavy atom. The normalized spacial score (nSPS) is 15.3. The molecule has 0 unspecified atom stereocenters. The van der Waals surface area contributed by atoms with Gasteiger partial charge in [0.15, 0.2) is 0 Å². The van der Waals surface area contributed by atoms with Gasteiger partial charge in [-0.25, -0.2) is 8.42 Å². The topological polar surface area (TPSA) is 49.9 Å². The van der Waals surface area contributed by atoms with E-state index in [9.17, 15) is 8.42 Å². The van der Waals surface area contributed by atoms with Crippen molar-refractivity contribution in [3.63, 3.8) is 0 Å². The molecule has 0 atom stereocenters. The average Bonchev–Trinajstić information content (AvgIpc) is 2.73. The summed E-state index contributed by atoms with van der Waals surface area (Å²) in [5, 5.41) is 0. The van der Waals surface area contributed by atoms with E-state index in [0.29, 0.717) is 43.4 Å². The third kappa shape index (κ3) is 5.24. The van der Waals surface area contributed by atoms with Crippen LogP contribution in [0, 0.1) is 27.7 Å². The van der Waals surface area contributed by atoms with Crippen molar-refractivity contribution in [1.29, 1.82) is 0 Å². The summed E-state index contributed by atoms with van der Waals surface area (Å²) >= 11 is 0. The van der Waals surface area contributed by atoms with E-state index in [1.54, 1.807) is 10.4 Å². The number of piperazine rings is 1. The number of para-hydroxylation sites is 1. The minimum Gasteiger partial charge on any atom is -0.492 e. The highest BCUT2D eigenvalue weighted by atomic mass is 32.2. The largest absolute Gasteiger partial charge is 0.492 e. The molecule has 0 saturated carbocycles. The fraction of sp³-hybridized carbons (Fsp3) is 0.520. The number of ether oxygens (including phenoxy) is 1. The van der Waals surface area contributed by atoms with Crippen molar-refractivity contribution in [2.75, 3.05) is 37.7 Å². The number of unbranched alkanes of at least 4 members (excludes halogenated alkanes) is 2. The summed E-state index contributed by atoms with van der Waals surface area (Å²) in [6.07, 6.45) is 3.11. The second kappa shape index (κ2) is 10.0. The van der Waals surface area contributed by atoms with Gasteiger partial charge in [0.05, 0.1) is 6.61 Å². The van der Waals surface area contributed by atoms with E-state index < -0.39 is 10.0 Å². The fourth-order valence-corrected chi connectivity index (χ4v) is 5.83. The number of anilines is 1. The van der Waals surface area contributed by atoms with Crippen molar-refractivity contribution in [3.8, 4) is 5.75 Å². The third-order valence-corrected chi connectivity index (χ3v) is 8.10. The SMILES string of the molecule is CCCCCOc1cc(C)c(C)cc1S(=O)(=O)N1CCN(c2c(C)cccc2C)CC1. The summed E-state index contributed by atoms with van der Waals surface area (Å²) in [5.41, 5.74) is 5.70. The molecule has 1 fully saturated rings. The van der Waals surface area contributed by atoms with Crippen LogP contribution in [0.4, 0.5) is 5.69 Å². The van der Waals surface area contributed by atoms with Gasteiger partial charge in [-0.3, -0.25) is 0 Å². The first kappa shape index (κ1) is 23.6. The van der Waals surface area contributed by atoms with Crippen LogP contribution in [0.1, 0.15) is 48.4 Å². The summed E-state index contributed by atoms with van der Waals surface area (Å²) < 4.78 is 34.7. The highest BCUT2D eigenvalue weighted by molar-refractivity contribution is 7.89. The molecule has 2 aromatic carbocycles. The average molecular weight is 445 g/mol. The van der Waals surface area contributed by atoms with Gasteiger partial charge in [0, 0.05) is 31.9 Å². The Morgan fingerprint density at radius 2 is 1.48 bits per heavy atom. The summed E-state index contributed by atoms with van der Waals surface area (Å²) in [5.74, 6) is 0.483. The highest BCUT2D eigenvalue weighted by Crippen LogP contribution is 2.32. The molecule has 0 radical (unpaired) electrons. The lowest BCUT2D eigenvalue weighted by Gasteiger charge is -2.37. The van der Waals surface area contributed by atoms with Gasteiger partial charge >= 0.3 is 0 Å². The van der Waals surface area contributed by atoms with Gasteiger partial charge in [0.2, 0.25) is 10.0 Å². The van der Waals surface area contributed by atoms with Crippen LogP contribution in [0.5, 0.6) is 5.75 Å². The molecule has 0 aromatic heterocycles. The molecule has 0 bridgehead atoms. The molecule has 1 aliphatic heterocycles. The fourth-order valence-electron chi connectivity index (χ4n) is 4.21. The zero-order chi connectivity index (χ0) is 22.6. The van der Waals surface area contributed by atoms with Crippen LogP contribution in [0.25, 0.3) is 0 Å². The molecule has 0 spiro atoms. The number of hydrogen-bond donors (Lipinski definition) is 0. The molecule has 0 amide bonds. The summed E-state index contributed by atoms with van der Waals surface area (Å²) in [6, 6.07) is 9.95. The van der Waals surface area contributed by atoms with Gasteiger partial charge in [0.1, 0.15) is 10.6 Å². The molecule has 5 nitrogen and oxygen atoms in total. The Balaban J connectivity index is 1.80. The maximum Gasteiger partial charge on any atom is 0.246 e. The molecule has 31 heavy (non-hydrogen) atoms. The van der Waals surface area contributed by atoms with Crippen LogP contribution in [0.2, 0.25) is 0 Å². The summed E-state index contributed by atoms with van der Waals surface area (Å²) in [6.45, 7) is 13.2. The molecule has 1 saturated heterocycles. The molecular weight excluding hydrogens is 408 g/mol. The Bertz CT molecular complexity index is 989. The lowest BCUT2D eigenvalue weighted by Crippen LogP contribution is -2.49. The van der Waals surface area contributed by atoms with Gasteiger partial charge in [-0.1, -0.05) is 38.0 Å². The molecule has 1 aliphatic rings. The van der Waals surface area contributed by atoms with Crippen LogP contribution in [0.15, 0.2) is 35.2 Å². The van der Waals surface area contributed by atoms with E-state index >= 15 is 0 Å². The molecule has 0 N–H and O–H groups in total. The van der Waals surface area contributed by atoms with Crippen molar-refractivity contribution >= 4 is 15.7 Å². The van der Waals surface area contributed by atoms with Crippen molar-refractivity contribution in [1.82, 2.24) is 4.31 Å². The van der Waals surface area contributed by atoms with Gasteiger partial charge in [0.25, 0.3) is 0 Å². The first-order chi connectivity index (χ1) is 14.8. The lowest BCUT2D eigenvalue weighted by atomic mass is 10.1. The van der Waals surface area contributed by atoms with Crippen LogP contribution in [-0.2, 0) is 10.0 Å². The molecule has 6 heteroatoms. The van der Waals surface area contributed by atoms with Crippen molar-refractivity contribution in [2.45, 2.75) is 58.8 Å². The van der Waals surface area contributed by atoms with Crippen molar-refractivity contribution < 1.29 is 13.2 Å². The predicted octanol–water partition coefficient (Wildman–Crippen LogP) is 5.00. The van der Waals surface area contributed by atoms with E-state index in [-0.39, 0.29) is 0 Å². The Hall–Kier alpha value is -2.05. The van der Waals surface area contributed by atoms with Gasteiger partial charge in [-0.15, -0.1) is 0 Å². The molecule has 0 aliphatic carbocycles. The number of sulfonamides is 1. The van der Waals surface area contributed by atoms with Gasteiger partial charge in [-0.2, -0.15) is 4.31 Å². The quantitative estimate of drug-likeness (QED) is 0.538. The Labute approximate surface area is 188 Å². The van der Waals surface area contributed by atoms with Crippen molar-refractivity contribution in [2.24, 2.45) is 0 Å². The predicted molar refractivity (Wildman–Crippen MR) is 128 cm³/mol. The molecule has 1 heterocycles. The van der Waals surface area contributed by atoms with Crippen LogP contribution in [-0.4, -0.2) is 45.5 Å². The zero-order valence-electron chi connectivity index (χ0n) is 19.6. The molecule has 170 valence electrons. The minimum absolute atomic E-state index is 0.299. The van der Waals surface area contributed by atoms with E-state index in [0.717, 1.165) is 30.4 Å². The second-order valence-electron chi connectivity index (χ2n) is 8.57. The van der Waals surface area contributed by atoms with Gasteiger partial charge in [-0.05, 0) is 68.5 Å². The highest BCUT2D eigenvalue weighted by Gasteiger charge is 2.32. The maximum absolute atomic E-state index is 13.6. The monoisotopic (exact) mass is 444 g/mol. The Kier molecular flexibility index (Phi) is 7.65. The minimum atomic E-state index is -3.62. The number of hydrogen-bond acceptors (Lipinski definition) is 4. The van der Waals surface area contributed by atoms with Crippen LogP contribution < -0.4 is 9.64 Å². The van der Waals surface area contributed by atoms with Crippen molar-refractivity contribution in [3.05, 3.63) is 52.6 Å². The first-order valence-electron chi connectivity index (χ1n) is 11.3. The molecular formula is C25H36N2O3S. The smallest absolute Gasteiger partial charge is 0.246 e. The maximum atomic E-state index is 13.6. The number of benzene rings is 2. The lowest BCUT2D eigenvalue weighted by molar-refractivity contribution is 0.296. The van der Waals surface area contributed by atoms with E-state index in [2.05, 4.69) is 43.9 Å². The first-order valence-corrected chi connectivity index (χ1v) is 12.7. The van der Waals surface area contributed by atoms with Gasteiger partial charge < -0.3 is 9.64 Å². The second-order valence-corrected chi connectivity index (χ2v) is 10.5. The summed E-state index contributed by atoms with van der Waals surface area (Å²) in [7, 11) is -3.62. The zero-order valence-corrected chi connectivity index (χ0v) is 20.4. The van der Waals surface area contributed by atoms with E-state index in [1.165, 1.54) is 16.8 Å². The number of rotatable bonds is 8. The van der Waals surface area contributed by atoms with E-state index in [4.69, 9.17) is 4.74 Å². The number of nitrogens with zero attached hydrogens (tertiary/aromatic N) is 2. The molecule has 2 aromatic rings. The van der Waals surface area contributed by atoms with Crippen LogP contribution >= 0.6 is 0 Å². The molecule has 3 rings (SSSR count). The number of aryl methyl sites for hydroxylation is 4. The van der Waals surface area contributed by atoms with E-state index in [1.807, 2.05) is 19.9 Å². The standard InChI is InChI=1S/C25H36N2O3S/c1-6-7-8-16-30-23-17-21(4)22(5)18-24(23)31(28,29)27-14-12-26(13-15-27)25-19(2)10-9-11-20(25)3/h9-11,17-18H,6-8,12-16H2,1-5H3. The third-order valence-electron chi connectivity index (χ3n) is 6.18. The summed E-state index contributed by atoms with van der Waals surface area (Å²) in [4.78, 5) is 2.60. The van der Waals surface area contributed by atoms with Crippen LogP contribution in [0.3, 0.4) is 0 Å².